The number of aliphatic hydroxyl groups is 3. The Morgan fingerprint density at radius 2 is 2.04 bits per heavy atom. The van der Waals surface area contributed by atoms with Crippen LogP contribution >= 0.6 is 11.6 Å². The van der Waals surface area contributed by atoms with Crippen LogP contribution in [-0.2, 0) is 4.74 Å². The summed E-state index contributed by atoms with van der Waals surface area (Å²) in [5, 5.41) is 30.9. The molecule has 26 heavy (non-hydrogen) atoms. The topological polar surface area (TPSA) is 127 Å². The Hall–Kier alpha value is -2.23. The summed E-state index contributed by atoms with van der Waals surface area (Å²) in [6, 6.07) is 7.22. The van der Waals surface area contributed by atoms with Crippen LogP contribution in [0.1, 0.15) is 6.23 Å². The van der Waals surface area contributed by atoms with Crippen LogP contribution in [0.2, 0.25) is 5.02 Å². The number of hydrogen-bond donors (Lipinski definition) is 4. The van der Waals surface area contributed by atoms with Crippen molar-refractivity contribution in [3.8, 4) is 11.1 Å². The van der Waals surface area contributed by atoms with Gasteiger partial charge in [-0.1, -0.05) is 23.7 Å². The zero-order valence-electron chi connectivity index (χ0n) is 13.5. The molecule has 0 saturated carbocycles. The van der Waals surface area contributed by atoms with E-state index in [9.17, 15) is 15.3 Å². The summed E-state index contributed by atoms with van der Waals surface area (Å²) in [5.41, 5.74) is 8.04. The average molecular weight is 377 g/mol. The van der Waals surface area contributed by atoms with Gasteiger partial charge in [0.15, 0.2) is 6.23 Å². The number of halogens is 1. The minimum Gasteiger partial charge on any atom is -0.394 e. The first-order valence-electron chi connectivity index (χ1n) is 8.00. The van der Waals surface area contributed by atoms with Crippen molar-refractivity contribution in [2.24, 2.45) is 0 Å². The van der Waals surface area contributed by atoms with Crippen LogP contribution in [0.15, 0.2) is 36.8 Å². The van der Waals surface area contributed by atoms with Crippen molar-refractivity contribution in [3.63, 3.8) is 0 Å². The van der Waals surface area contributed by atoms with Gasteiger partial charge in [-0.15, -0.1) is 0 Å². The van der Waals surface area contributed by atoms with Gasteiger partial charge in [0, 0.05) is 16.8 Å². The van der Waals surface area contributed by atoms with E-state index in [2.05, 4.69) is 9.97 Å². The summed E-state index contributed by atoms with van der Waals surface area (Å²) in [6.07, 6.45) is -1.21. The Labute approximate surface area is 153 Å². The normalized spacial score (nSPS) is 25.8. The van der Waals surface area contributed by atoms with Crippen LogP contribution < -0.4 is 5.73 Å². The maximum Gasteiger partial charge on any atom is 0.164 e. The number of benzene rings is 1. The fraction of sp³-hybridized carbons (Fsp3) is 0.294. The minimum absolute atomic E-state index is 0.274. The Bertz CT molecular complexity index is 963. The molecule has 1 fully saturated rings. The second kappa shape index (κ2) is 6.49. The molecule has 9 heteroatoms. The second-order valence-electron chi connectivity index (χ2n) is 6.15. The van der Waals surface area contributed by atoms with Crippen LogP contribution in [0.4, 0.5) is 5.82 Å². The molecule has 0 aliphatic carbocycles. The zero-order valence-corrected chi connectivity index (χ0v) is 14.3. The summed E-state index contributed by atoms with van der Waals surface area (Å²) in [7, 11) is 0. The summed E-state index contributed by atoms with van der Waals surface area (Å²) < 4.78 is 7.22. The monoisotopic (exact) mass is 376 g/mol. The van der Waals surface area contributed by atoms with E-state index in [1.807, 2.05) is 12.1 Å². The number of aliphatic hydroxyl groups excluding tert-OH is 3. The van der Waals surface area contributed by atoms with Gasteiger partial charge in [-0.25, -0.2) is 9.97 Å². The largest absolute Gasteiger partial charge is 0.394 e. The fourth-order valence-electron chi connectivity index (χ4n) is 3.29. The molecule has 1 saturated heterocycles. The first-order chi connectivity index (χ1) is 12.5. The molecule has 4 rings (SSSR count). The molecular formula is C17H17ClN4O4. The number of hydrogen-bond acceptors (Lipinski definition) is 7. The molecule has 8 nitrogen and oxygen atoms in total. The molecule has 1 aliphatic heterocycles. The van der Waals surface area contributed by atoms with Crippen LogP contribution in [0.25, 0.3) is 22.2 Å². The lowest BCUT2D eigenvalue weighted by Gasteiger charge is -2.17. The standard InChI is InChI=1S/C17H17ClN4O4/c18-9-3-1-2-8(4-9)10-5-22(16-12(10)15(19)20-7-21-16)17-14(25)13(24)11(6-23)26-17/h1-5,7,11,13-14,17,23-25H,6H2,(H2,19,20,21)/t11-,13-,14-,17-/m1/s1. The van der Waals surface area contributed by atoms with Gasteiger partial charge in [-0.3, -0.25) is 0 Å². The molecule has 3 heterocycles. The number of rotatable bonds is 3. The third-order valence-electron chi connectivity index (χ3n) is 4.57. The highest BCUT2D eigenvalue weighted by Crippen LogP contribution is 2.38. The molecule has 0 spiro atoms. The minimum atomic E-state index is -1.23. The second-order valence-corrected chi connectivity index (χ2v) is 6.58. The third kappa shape index (κ3) is 2.63. The van der Waals surface area contributed by atoms with Gasteiger partial charge in [0.2, 0.25) is 0 Å². The maximum absolute atomic E-state index is 10.4. The predicted molar refractivity (Wildman–Crippen MR) is 95.4 cm³/mol. The molecule has 5 N–H and O–H groups in total. The van der Waals surface area contributed by atoms with Crippen molar-refractivity contribution >= 4 is 28.5 Å². The number of nitrogens with zero attached hydrogens (tertiary/aromatic N) is 3. The van der Waals surface area contributed by atoms with Crippen molar-refractivity contribution in [2.45, 2.75) is 24.5 Å². The van der Waals surface area contributed by atoms with Crippen molar-refractivity contribution in [3.05, 3.63) is 41.8 Å². The lowest BCUT2D eigenvalue weighted by molar-refractivity contribution is -0.0508. The quantitative estimate of drug-likeness (QED) is 0.536. The Balaban J connectivity index is 1.91. The number of fused-ring (bicyclic) bond motifs is 1. The first kappa shape index (κ1) is 17.2. The Morgan fingerprint density at radius 1 is 1.23 bits per heavy atom. The van der Waals surface area contributed by atoms with Gasteiger partial charge in [0.25, 0.3) is 0 Å². The van der Waals surface area contributed by atoms with Crippen LogP contribution in [0.5, 0.6) is 0 Å². The van der Waals surface area contributed by atoms with E-state index >= 15 is 0 Å². The van der Waals surface area contributed by atoms with E-state index in [0.29, 0.717) is 16.1 Å². The number of anilines is 1. The highest BCUT2D eigenvalue weighted by molar-refractivity contribution is 6.31. The predicted octanol–water partition coefficient (Wildman–Crippen LogP) is 0.945. The van der Waals surface area contributed by atoms with E-state index in [4.69, 9.17) is 22.1 Å². The number of ether oxygens (including phenoxy) is 1. The molecular weight excluding hydrogens is 360 g/mol. The molecule has 3 aromatic rings. The van der Waals surface area contributed by atoms with Gasteiger partial charge in [0.1, 0.15) is 36.1 Å². The molecule has 4 atom stereocenters. The van der Waals surface area contributed by atoms with Gasteiger partial charge in [-0.2, -0.15) is 0 Å². The van der Waals surface area contributed by atoms with Gasteiger partial charge < -0.3 is 30.4 Å². The summed E-state index contributed by atoms with van der Waals surface area (Å²) in [5.74, 6) is 0.274. The number of nitrogen functional groups attached to an aromatic ring is 1. The number of aromatic nitrogens is 3. The Kier molecular flexibility index (Phi) is 4.29. The lowest BCUT2D eigenvalue weighted by Crippen LogP contribution is -2.33. The molecule has 0 bridgehead atoms. The van der Waals surface area contributed by atoms with Crippen molar-refractivity contribution < 1.29 is 20.1 Å². The third-order valence-corrected chi connectivity index (χ3v) is 4.80. The van der Waals surface area contributed by atoms with Crippen LogP contribution in [0.3, 0.4) is 0 Å². The fourth-order valence-corrected chi connectivity index (χ4v) is 3.48. The van der Waals surface area contributed by atoms with Crippen molar-refractivity contribution in [1.29, 1.82) is 0 Å². The highest BCUT2D eigenvalue weighted by atomic mass is 35.5. The molecule has 1 aromatic carbocycles. The Morgan fingerprint density at radius 3 is 2.73 bits per heavy atom. The van der Waals surface area contributed by atoms with E-state index in [1.165, 1.54) is 6.33 Å². The van der Waals surface area contributed by atoms with E-state index in [0.717, 1.165) is 11.1 Å². The summed E-state index contributed by atoms with van der Waals surface area (Å²) in [6.45, 7) is -0.411. The van der Waals surface area contributed by atoms with Crippen LogP contribution in [-0.4, -0.2) is 54.8 Å². The maximum atomic E-state index is 10.4. The van der Waals surface area contributed by atoms with Gasteiger partial charge >= 0.3 is 0 Å². The van der Waals surface area contributed by atoms with Gasteiger partial charge in [0.05, 0.1) is 12.0 Å². The smallest absolute Gasteiger partial charge is 0.164 e. The highest BCUT2D eigenvalue weighted by Gasteiger charge is 2.44. The molecule has 0 radical (unpaired) electrons. The first-order valence-corrected chi connectivity index (χ1v) is 8.38. The molecule has 136 valence electrons. The molecule has 0 unspecified atom stereocenters. The van der Waals surface area contributed by atoms with E-state index < -0.39 is 31.1 Å². The molecule has 1 aliphatic rings. The summed E-state index contributed by atoms with van der Waals surface area (Å²) >= 11 is 6.10. The van der Waals surface area contributed by atoms with E-state index in [1.54, 1.807) is 22.9 Å². The average Bonchev–Trinajstić information content (AvgIpc) is 3.15. The number of nitrogens with two attached hydrogens (primary N) is 1. The summed E-state index contributed by atoms with van der Waals surface area (Å²) in [4.78, 5) is 8.32. The SMILES string of the molecule is Nc1ncnc2c1c(-c1cccc(Cl)c1)cn2[C@@H]1O[C@H](CO)[C@@H](O)[C@H]1O. The van der Waals surface area contributed by atoms with Crippen LogP contribution in [0, 0.1) is 0 Å². The van der Waals surface area contributed by atoms with Crippen molar-refractivity contribution in [1.82, 2.24) is 14.5 Å². The lowest BCUT2D eigenvalue weighted by atomic mass is 10.1. The molecule has 0 amide bonds. The van der Waals surface area contributed by atoms with Gasteiger partial charge in [-0.05, 0) is 17.7 Å². The van der Waals surface area contributed by atoms with Crippen molar-refractivity contribution in [2.75, 3.05) is 12.3 Å². The molecule has 2 aromatic heterocycles. The zero-order chi connectivity index (χ0) is 18.4. The van der Waals surface area contributed by atoms with E-state index in [-0.39, 0.29) is 5.82 Å².